The lowest BCUT2D eigenvalue weighted by molar-refractivity contribution is 0.147. The van der Waals surface area contributed by atoms with Crippen molar-refractivity contribution in [2.24, 2.45) is 17.1 Å². The Bertz CT molecular complexity index is 276. The molecule has 0 aliphatic carbocycles. The molecule has 0 atom stereocenters. The Morgan fingerprint density at radius 2 is 1.62 bits per heavy atom. The fraction of sp³-hybridized carbons (Fsp3) is 1.00. The minimum Gasteiger partial charge on any atom is -0.330 e. The molecule has 0 amide bonds. The van der Waals surface area contributed by atoms with Gasteiger partial charge in [-0.1, -0.05) is 13.8 Å². The Hall–Kier alpha value is -0.120. The molecular weight excluding hydrogens is 258 g/mol. The van der Waals surface area contributed by atoms with Crippen molar-refractivity contribution in [2.45, 2.75) is 58.8 Å². The molecule has 0 radical (unpaired) electrons. The van der Waals surface area contributed by atoms with Crippen LogP contribution in [0.3, 0.4) is 0 Å². The van der Waals surface area contributed by atoms with Gasteiger partial charge in [0.15, 0.2) is 0 Å². The summed E-state index contributed by atoms with van der Waals surface area (Å²) >= 11 is 0. The highest BCUT2D eigenvalue weighted by atomic mass is 15.2. The first kappa shape index (κ1) is 17.2. The van der Waals surface area contributed by atoms with Gasteiger partial charge >= 0.3 is 0 Å². The van der Waals surface area contributed by atoms with Crippen molar-refractivity contribution in [3.8, 4) is 0 Å². The predicted octanol–water partition coefficient (Wildman–Crippen LogP) is 2.95. The number of rotatable bonds is 8. The Labute approximate surface area is 132 Å². The summed E-state index contributed by atoms with van der Waals surface area (Å²) in [6, 6.07) is 0. The molecule has 2 saturated heterocycles. The zero-order valence-electron chi connectivity index (χ0n) is 14.4. The van der Waals surface area contributed by atoms with Gasteiger partial charge in [-0.15, -0.1) is 0 Å². The second kappa shape index (κ2) is 8.50. The lowest BCUT2D eigenvalue weighted by atomic mass is 9.84. The monoisotopic (exact) mass is 295 g/mol. The summed E-state index contributed by atoms with van der Waals surface area (Å²) in [5, 5.41) is 0. The smallest absolute Gasteiger partial charge is 0.00106 e. The molecule has 0 aromatic rings. The largest absolute Gasteiger partial charge is 0.330 e. The van der Waals surface area contributed by atoms with E-state index < -0.39 is 0 Å². The van der Waals surface area contributed by atoms with Crippen molar-refractivity contribution < 1.29 is 0 Å². The maximum atomic E-state index is 5.70. The van der Waals surface area contributed by atoms with Crippen molar-refractivity contribution >= 4 is 0 Å². The molecule has 0 unspecified atom stereocenters. The molecule has 3 nitrogen and oxygen atoms in total. The Balaban J connectivity index is 1.56. The van der Waals surface area contributed by atoms with Crippen LogP contribution in [0.25, 0.3) is 0 Å². The highest BCUT2D eigenvalue weighted by molar-refractivity contribution is 4.78. The summed E-state index contributed by atoms with van der Waals surface area (Å²) in [5.41, 5.74) is 6.13. The van der Waals surface area contributed by atoms with E-state index in [0.717, 1.165) is 18.9 Å². The van der Waals surface area contributed by atoms with Crippen LogP contribution < -0.4 is 5.73 Å². The third kappa shape index (κ3) is 6.25. The molecule has 0 saturated carbocycles. The molecule has 0 spiro atoms. The van der Waals surface area contributed by atoms with E-state index >= 15 is 0 Å². The molecule has 2 heterocycles. The number of hydrogen-bond donors (Lipinski definition) is 1. The predicted molar refractivity (Wildman–Crippen MR) is 91.5 cm³/mol. The van der Waals surface area contributed by atoms with Gasteiger partial charge in [0.05, 0.1) is 0 Å². The zero-order chi connectivity index (χ0) is 15.1. The van der Waals surface area contributed by atoms with Crippen LogP contribution in [-0.2, 0) is 0 Å². The molecule has 21 heavy (non-hydrogen) atoms. The highest BCUT2D eigenvalue weighted by Crippen LogP contribution is 2.27. The Kier molecular flexibility index (Phi) is 6.97. The fourth-order valence-electron chi connectivity index (χ4n) is 4.02. The van der Waals surface area contributed by atoms with Gasteiger partial charge in [0, 0.05) is 6.54 Å². The van der Waals surface area contributed by atoms with Crippen LogP contribution >= 0.6 is 0 Å². The minimum atomic E-state index is 0.433. The quantitative estimate of drug-likeness (QED) is 0.747. The van der Waals surface area contributed by atoms with Crippen molar-refractivity contribution in [1.29, 1.82) is 0 Å². The van der Waals surface area contributed by atoms with Crippen LogP contribution in [0, 0.1) is 11.3 Å². The summed E-state index contributed by atoms with van der Waals surface area (Å²) in [7, 11) is 0. The average molecular weight is 296 g/mol. The highest BCUT2D eigenvalue weighted by Gasteiger charge is 2.23. The van der Waals surface area contributed by atoms with Crippen molar-refractivity contribution in [3.05, 3.63) is 0 Å². The van der Waals surface area contributed by atoms with Crippen LogP contribution in [0.5, 0.6) is 0 Å². The lowest BCUT2D eigenvalue weighted by Gasteiger charge is -2.34. The summed E-state index contributed by atoms with van der Waals surface area (Å²) < 4.78 is 0. The third-order valence-electron chi connectivity index (χ3n) is 5.57. The Morgan fingerprint density at radius 3 is 2.24 bits per heavy atom. The molecule has 124 valence electrons. The van der Waals surface area contributed by atoms with E-state index in [-0.39, 0.29) is 0 Å². The number of likely N-dealkylation sites (tertiary alicyclic amines) is 2. The maximum Gasteiger partial charge on any atom is 0.00106 e. The van der Waals surface area contributed by atoms with Crippen LogP contribution in [0.4, 0.5) is 0 Å². The maximum absolute atomic E-state index is 5.70. The number of piperidine rings is 1. The molecule has 3 heteroatoms. The second-order valence-electron chi connectivity index (χ2n) is 8.10. The van der Waals surface area contributed by atoms with Crippen LogP contribution in [0.15, 0.2) is 0 Å². The van der Waals surface area contributed by atoms with Gasteiger partial charge in [0.2, 0.25) is 0 Å². The van der Waals surface area contributed by atoms with Gasteiger partial charge in [-0.3, -0.25) is 0 Å². The third-order valence-corrected chi connectivity index (χ3v) is 5.57. The molecule has 0 aromatic heterocycles. The van der Waals surface area contributed by atoms with E-state index in [1.54, 1.807) is 0 Å². The topological polar surface area (TPSA) is 32.5 Å². The lowest BCUT2D eigenvalue weighted by Crippen LogP contribution is -2.38. The van der Waals surface area contributed by atoms with E-state index in [4.69, 9.17) is 5.73 Å². The van der Waals surface area contributed by atoms with E-state index in [9.17, 15) is 0 Å². The molecule has 2 N–H and O–H groups in total. The SMILES string of the molecule is CC(C)(CCN)CCCN1CCC(CN2CCCC2)CC1. The van der Waals surface area contributed by atoms with E-state index in [1.165, 1.54) is 77.8 Å². The van der Waals surface area contributed by atoms with E-state index in [1.807, 2.05) is 0 Å². The van der Waals surface area contributed by atoms with E-state index in [2.05, 4.69) is 23.6 Å². The van der Waals surface area contributed by atoms with Gasteiger partial charge in [0.1, 0.15) is 0 Å². The van der Waals surface area contributed by atoms with E-state index in [0.29, 0.717) is 5.41 Å². The molecule has 2 aliphatic heterocycles. The van der Waals surface area contributed by atoms with Gasteiger partial charge < -0.3 is 15.5 Å². The Morgan fingerprint density at radius 1 is 0.952 bits per heavy atom. The number of nitrogens with zero attached hydrogens (tertiary/aromatic N) is 2. The summed E-state index contributed by atoms with van der Waals surface area (Å²) in [5.74, 6) is 0.966. The molecular formula is C18H37N3. The van der Waals surface area contributed by atoms with Gasteiger partial charge in [0.25, 0.3) is 0 Å². The zero-order valence-corrected chi connectivity index (χ0v) is 14.4. The molecule has 2 fully saturated rings. The second-order valence-corrected chi connectivity index (χ2v) is 8.10. The first-order valence-corrected chi connectivity index (χ1v) is 9.24. The molecule has 2 rings (SSSR count). The molecule has 0 bridgehead atoms. The van der Waals surface area contributed by atoms with Crippen molar-refractivity contribution in [2.75, 3.05) is 45.8 Å². The average Bonchev–Trinajstić information content (AvgIpc) is 2.93. The van der Waals surface area contributed by atoms with Gasteiger partial charge in [-0.25, -0.2) is 0 Å². The van der Waals surface area contributed by atoms with Crippen LogP contribution in [0.2, 0.25) is 0 Å². The molecule has 0 aromatic carbocycles. The first-order chi connectivity index (χ1) is 10.1. The number of nitrogens with two attached hydrogens (primary N) is 1. The van der Waals surface area contributed by atoms with Gasteiger partial charge in [-0.05, 0) is 95.5 Å². The standard InChI is InChI=1S/C18H37N3/c1-18(2,9-10-19)8-5-13-20-14-6-17(7-15-20)16-21-11-3-4-12-21/h17H,3-16,19H2,1-2H3. The first-order valence-electron chi connectivity index (χ1n) is 9.24. The van der Waals surface area contributed by atoms with Crippen LogP contribution in [-0.4, -0.2) is 55.6 Å². The summed E-state index contributed by atoms with van der Waals surface area (Å²) in [6.45, 7) is 13.6. The van der Waals surface area contributed by atoms with Crippen molar-refractivity contribution in [3.63, 3.8) is 0 Å². The summed E-state index contributed by atoms with van der Waals surface area (Å²) in [4.78, 5) is 5.38. The molecule has 2 aliphatic rings. The van der Waals surface area contributed by atoms with Crippen molar-refractivity contribution in [1.82, 2.24) is 9.80 Å². The van der Waals surface area contributed by atoms with Crippen LogP contribution in [0.1, 0.15) is 58.8 Å². The minimum absolute atomic E-state index is 0.433. The fourth-order valence-corrected chi connectivity index (χ4v) is 4.02. The number of hydrogen-bond acceptors (Lipinski definition) is 3. The normalized spacial score (nSPS) is 23.0. The summed E-state index contributed by atoms with van der Waals surface area (Å²) in [6.07, 6.45) is 9.51. The van der Waals surface area contributed by atoms with Gasteiger partial charge in [-0.2, -0.15) is 0 Å².